The Morgan fingerprint density at radius 1 is 0.960 bits per heavy atom. The molecule has 2 unspecified atom stereocenters. The molecule has 0 fully saturated rings. The first-order valence-corrected chi connectivity index (χ1v) is 18.5. The van der Waals surface area contributed by atoms with Crippen LogP contribution in [0.1, 0.15) is 37.3 Å². The van der Waals surface area contributed by atoms with Gasteiger partial charge >= 0.3 is 6.09 Å². The molecule has 0 saturated heterocycles. The zero-order valence-corrected chi connectivity index (χ0v) is 29.7. The maximum Gasteiger partial charge on any atom is 0.407 e. The summed E-state index contributed by atoms with van der Waals surface area (Å²) in [6.07, 6.45) is 1.12. The van der Waals surface area contributed by atoms with Gasteiger partial charge in [-0.25, -0.2) is 13.2 Å². The lowest BCUT2D eigenvalue weighted by atomic mass is 9.84. The minimum absolute atomic E-state index is 0.0403. The fourth-order valence-corrected chi connectivity index (χ4v) is 8.19. The molecule has 266 valence electrons. The molecule has 0 aliphatic heterocycles. The molecule has 0 radical (unpaired) electrons. The number of amides is 2. The average molecular weight is 722 g/mol. The number of methoxy groups -OCH3 is 1. The Bertz CT molecular complexity index is 1830. The van der Waals surface area contributed by atoms with Crippen LogP contribution in [0.2, 0.25) is 0 Å². The number of nitrogens with zero attached hydrogens (tertiary/aromatic N) is 1. The van der Waals surface area contributed by atoms with Crippen LogP contribution in [0.15, 0.2) is 112 Å². The van der Waals surface area contributed by atoms with Crippen LogP contribution < -0.4 is 21.9 Å². The first kappa shape index (κ1) is 38.2. The number of sulfonamides is 1. The zero-order valence-electron chi connectivity index (χ0n) is 28.1. The number of ether oxygens (including phenoxy) is 1. The molecule has 4 rings (SSSR count). The van der Waals surface area contributed by atoms with Crippen molar-refractivity contribution in [2.75, 3.05) is 37.1 Å². The van der Waals surface area contributed by atoms with Crippen LogP contribution in [-0.4, -0.2) is 72.9 Å². The molecule has 3 aromatic carbocycles. The number of aromatic amines is 1. The highest BCUT2D eigenvalue weighted by molar-refractivity contribution is 7.99. The van der Waals surface area contributed by atoms with Crippen molar-refractivity contribution in [3.63, 3.8) is 0 Å². The van der Waals surface area contributed by atoms with Crippen LogP contribution >= 0.6 is 11.8 Å². The summed E-state index contributed by atoms with van der Waals surface area (Å²) in [4.78, 5) is 42.9. The Morgan fingerprint density at radius 2 is 1.56 bits per heavy atom. The Labute approximate surface area is 296 Å². The number of aromatic nitrogens is 1. The van der Waals surface area contributed by atoms with Gasteiger partial charge in [0.2, 0.25) is 15.9 Å². The predicted molar refractivity (Wildman–Crippen MR) is 196 cm³/mol. The minimum Gasteiger partial charge on any atom is -0.453 e. The lowest BCUT2D eigenvalue weighted by Gasteiger charge is -2.30. The fraction of sp³-hybridized carbons (Fsp3) is 0.306. The summed E-state index contributed by atoms with van der Waals surface area (Å²) >= 11 is 1.11. The van der Waals surface area contributed by atoms with Gasteiger partial charge in [-0.15, -0.1) is 11.8 Å². The number of carbonyl (C=O) groups excluding carboxylic acids is 2. The fourth-order valence-electron chi connectivity index (χ4n) is 5.36. The van der Waals surface area contributed by atoms with E-state index < -0.39 is 52.2 Å². The van der Waals surface area contributed by atoms with Gasteiger partial charge in [0, 0.05) is 35.0 Å². The highest BCUT2D eigenvalue weighted by Gasteiger charge is 2.35. The number of nitrogens with one attached hydrogen (secondary N) is 3. The molecule has 1 aromatic heterocycles. The highest BCUT2D eigenvalue weighted by atomic mass is 32.2. The van der Waals surface area contributed by atoms with Gasteiger partial charge in [-0.05, 0) is 53.8 Å². The molecule has 2 amide bonds. The van der Waals surface area contributed by atoms with E-state index in [2.05, 4.69) is 15.6 Å². The standard InChI is InChI=1S/C36H43N5O7S2/c1-24(2)19-21-41(50(46,47)29-16-14-27(37)15-17-29)28(22-42)23-49-30-18-20-38-34(43)32(30)39-35(44)33(40-36(45)48-3)31(25-10-6-4-7-11-25)26-12-8-5-9-13-26/h4-18,20,24,28,31,33,42H,19,21-23,37H2,1-3H3,(H,38,43)(H,39,44)(H,40,45). The number of rotatable bonds is 16. The topological polar surface area (TPSA) is 184 Å². The van der Waals surface area contributed by atoms with Crippen LogP contribution in [0.25, 0.3) is 0 Å². The number of carbonyl (C=O) groups is 2. The summed E-state index contributed by atoms with van der Waals surface area (Å²) in [5, 5.41) is 15.9. The van der Waals surface area contributed by atoms with Gasteiger partial charge < -0.3 is 31.2 Å². The summed E-state index contributed by atoms with van der Waals surface area (Å²) in [5.74, 6) is -1.12. The second kappa shape index (κ2) is 17.9. The van der Waals surface area contributed by atoms with Crippen molar-refractivity contribution < 1.29 is 27.9 Å². The third kappa shape index (κ3) is 9.75. The normalized spacial score (nSPS) is 12.9. The maximum atomic E-state index is 14.1. The smallest absolute Gasteiger partial charge is 0.407 e. The third-order valence-corrected chi connectivity index (χ3v) is 11.2. The maximum absolute atomic E-state index is 14.1. The quantitative estimate of drug-likeness (QED) is 0.0813. The van der Waals surface area contributed by atoms with E-state index in [0.29, 0.717) is 17.0 Å². The monoisotopic (exact) mass is 721 g/mol. The molecule has 0 aliphatic rings. The number of hydrogen-bond acceptors (Lipinski definition) is 9. The molecule has 14 heteroatoms. The third-order valence-electron chi connectivity index (χ3n) is 8.03. The zero-order chi connectivity index (χ0) is 36.3. The number of H-pyrrole nitrogens is 1. The van der Waals surface area contributed by atoms with Crippen molar-refractivity contribution in [1.29, 1.82) is 0 Å². The highest BCUT2D eigenvalue weighted by Crippen LogP contribution is 2.31. The van der Waals surface area contributed by atoms with Crippen LogP contribution in [0.3, 0.4) is 0 Å². The summed E-state index contributed by atoms with van der Waals surface area (Å²) in [6, 6.07) is 23.7. The first-order valence-electron chi connectivity index (χ1n) is 16.0. The number of aliphatic hydroxyl groups is 1. The van der Waals surface area contributed by atoms with E-state index in [1.54, 1.807) is 6.07 Å². The van der Waals surface area contributed by atoms with Crippen molar-refractivity contribution >= 4 is 45.2 Å². The number of aliphatic hydroxyl groups excluding tert-OH is 1. The molecule has 0 saturated carbocycles. The Morgan fingerprint density at radius 3 is 2.10 bits per heavy atom. The van der Waals surface area contributed by atoms with Crippen molar-refractivity contribution in [3.05, 3.63) is 119 Å². The number of nitrogens with two attached hydrogens (primary N) is 1. The lowest BCUT2D eigenvalue weighted by Crippen LogP contribution is -2.48. The number of thioether (sulfide) groups is 1. The van der Waals surface area contributed by atoms with Crippen LogP contribution in [0.5, 0.6) is 0 Å². The van der Waals surface area contributed by atoms with Crippen LogP contribution in [0.4, 0.5) is 16.2 Å². The minimum atomic E-state index is -4.04. The van der Waals surface area contributed by atoms with Crippen LogP contribution in [-0.2, 0) is 19.6 Å². The molecule has 0 spiro atoms. The number of hydrogen-bond donors (Lipinski definition) is 5. The van der Waals surface area contributed by atoms with Gasteiger partial charge in [-0.2, -0.15) is 4.31 Å². The molecule has 6 N–H and O–H groups in total. The van der Waals surface area contributed by atoms with E-state index in [1.165, 1.54) is 41.9 Å². The van der Waals surface area contributed by atoms with E-state index in [4.69, 9.17) is 10.5 Å². The summed E-state index contributed by atoms with van der Waals surface area (Å²) in [6.45, 7) is 3.61. The van der Waals surface area contributed by atoms with Crippen LogP contribution in [0, 0.1) is 5.92 Å². The van der Waals surface area contributed by atoms with Gasteiger partial charge in [-0.3, -0.25) is 9.59 Å². The van der Waals surface area contributed by atoms with Crippen molar-refractivity contribution in [2.24, 2.45) is 5.92 Å². The van der Waals surface area contributed by atoms with Gasteiger partial charge in [0.1, 0.15) is 11.7 Å². The SMILES string of the molecule is COC(=O)NC(C(=O)Nc1c(SCC(CO)N(CCC(C)C)S(=O)(=O)c2ccc(N)cc2)cc[nH]c1=O)C(c1ccccc1)c1ccccc1. The molecule has 0 aliphatic carbocycles. The second-order valence-corrected chi connectivity index (χ2v) is 14.9. The molecule has 0 bridgehead atoms. The summed E-state index contributed by atoms with van der Waals surface area (Å²) in [7, 11) is -2.85. The lowest BCUT2D eigenvalue weighted by molar-refractivity contribution is -0.118. The molecule has 2 atom stereocenters. The first-order chi connectivity index (χ1) is 24.0. The van der Waals surface area contributed by atoms with E-state index in [9.17, 15) is 27.9 Å². The number of nitrogen functional groups attached to an aromatic ring is 1. The van der Waals surface area contributed by atoms with Gasteiger partial charge in [0.05, 0.1) is 24.7 Å². The largest absolute Gasteiger partial charge is 0.453 e. The number of benzene rings is 3. The van der Waals surface area contributed by atoms with Gasteiger partial charge in [-0.1, -0.05) is 74.5 Å². The van der Waals surface area contributed by atoms with E-state index in [0.717, 1.165) is 22.9 Å². The van der Waals surface area contributed by atoms with E-state index in [1.807, 2.05) is 74.5 Å². The van der Waals surface area contributed by atoms with Crippen molar-refractivity contribution in [2.45, 2.75) is 48.1 Å². The summed E-state index contributed by atoms with van der Waals surface area (Å²) < 4.78 is 33.8. The molecule has 1 heterocycles. The van der Waals surface area contributed by atoms with E-state index >= 15 is 0 Å². The molecular formula is C36H43N5O7S2. The van der Waals surface area contributed by atoms with Crippen molar-refractivity contribution in [3.8, 4) is 0 Å². The molecule has 50 heavy (non-hydrogen) atoms. The predicted octanol–water partition coefficient (Wildman–Crippen LogP) is 4.64. The second-order valence-electron chi connectivity index (χ2n) is 12.0. The Kier molecular flexibility index (Phi) is 13.6. The summed E-state index contributed by atoms with van der Waals surface area (Å²) in [5.41, 5.74) is 6.98. The molecule has 12 nitrogen and oxygen atoms in total. The molecular weight excluding hydrogens is 679 g/mol. The van der Waals surface area contributed by atoms with E-state index in [-0.39, 0.29) is 28.8 Å². The number of anilines is 2. The molecule has 4 aromatic rings. The number of pyridine rings is 1. The number of alkyl carbamates (subject to hydrolysis) is 1. The average Bonchev–Trinajstić information content (AvgIpc) is 3.11. The van der Waals surface area contributed by atoms with Gasteiger partial charge in [0.25, 0.3) is 5.56 Å². The van der Waals surface area contributed by atoms with Crippen molar-refractivity contribution in [1.82, 2.24) is 14.6 Å². The Balaban J connectivity index is 1.66. The van der Waals surface area contributed by atoms with Gasteiger partial charge in [0.15, 0.2) is 0 Å². The Hall–Kier alpha value is -4.63.